The summed E-state index contributed by atoms with van der Waals surface area (Å²) in [5, 5.41) is 0. The van der Waals surface area contributed by atoms with Gasteiger partial charge in [-0.25, -0.2) is 4.98 Å². The maximum Gasteiger partial charge on any atom is 0.220 e. The van der Waals surface area contributed by atoms with E-state index < -0.39 is 0 Å². The summed E-state index contributed by atoms with van der Waals surface area (Å²) in [6, 6.07) is 16.8. The molecular formula is C23H23N3. The molecule has 0 bridgehead atoms. The molecule has 0 spiro atoms. The summed E-state index contributed by atoms with van der Waals surface area (Å²) < 4.78 is 4.52. The second-order valence-corrected chi connectivity index (χ2v) is 6.64. The van der Waals surface area contributed by atoms with Gasteiger partial charge < -0.3 is 0 Å². The molecule has 0 radical (unpaired) electrons. The van der Waals surface area contributed by atoms with Crippen molar-refractivity contribution in [1.29, 1.82) is 0 Å². The van der Waals surface area contributed by atoms with Crippen LogP contribution in [-0.2, 0) is 0 Å². The summed E-state index contributed by atoms with van der Waals surface area (Å²) in [7, 11) is 0. The van der Waals surface area contributed by atoms with E-state index in [1.54, 1.807) is 0 Å². The van der Waals surface area contributed by atoms with E-state index in [9.17, 15) is 0 Å². The summed E-state index contributed by atoms with van der Waals surface area (Å²) >= 11 is 0. The van der Waals surface area contributed by atoms with Crippen molar-refractivity contribution in [3.63, 3.8) is 0 Å². The Morgan fingerprint density at radius 3 is 2.38 bits per heavy atom. The first-order chi connectivity index (χ1) is 12.7. The van der Waals surface area contributed by atoms with Crippen LogP contribution < -0.4 is 0 Å². The van der Waals surface area contributed by atoms with E-state index in [1.807, 2.05) is 12.1 Å². The largest absolute Gasteiger partial charge is 0.281 e. The van der Waals surface area contributed by atoms with Crippen LogP contribution in [0.5, 0.6) is 0 Å². The fourth-order valence-electron chi connectivity index (χ4n) is 3.62. The van der Waals surface area contributed by atoms with Crippen molar-refractivity contribution in [2.45, 2.75) is 20.8 Å². The first-order valence-corrected chi connectivity index (χ1v) is 8.99. The van der Waals surface area contributed by atoms with Gasteiger partial charge in [-0.1, -0.05) is 55.5 Å². The van der Waals surface area contributed by atoms with Crippen LogP contribution in [0.25, 0.3) is 33.5 Å². The lowest BCUT2D eigenvalue weighted by Crippen LogP contribution is -2.08. The molecule has 130 valence electrons. The molecule has 1 atom stereocenters. The minimum absolute atomic E-state index is 0.261. The van der Waals surface area contributed by atoms with E-state index in [0.717, 1.165) is 27.8 Å². The number of aromatic nitrogens is 3. The van der Waals surface area contributed by atoms with Crippen molar-refractivity contribution in [2.75, 3.05) is 0 Å². The molecule has 4 aromatic rings. The van der Waals surface area contributed by atoms with Crippen LogP contribution >= 0.6 is 0 Å². The maximum absolute atomic E-state index is 4.95. The predicted octanol–water partition coefficient (Wildman–Crippen LogP) is 6.07. The molecular weight excluding hydrogens is 318 g/mol. The van der Waals surface area contributed by atoms with Crippen LogP contribution in [-0.4, -0.2) is 14.0 Å². The summed E-state index contributed by atoms with van der Waals surface area (Å²) in [5.74, 6) is 1.20. The Hall–Kier alpha value is -3.07. The van der Waals surface area contributed by atoms with Crippen molar-refractivity contribution in [1.82, 2.24) is 14.0 Å². The van der Waals surface area contributed by atoms with E-state index in [2.05, 4.69) is 90.9 Å². The zero-order valence-corrected chi connectivity index (χ0v) is 15.5. The highest BCUT2D eigenvalue weighted by Gasteiger charge is 2.21. The molecule has 0 aliphatic heterocycles. The molecule has 2 aromatic heterocycles. The van der Waals surface area contributed by atoms with E-state index in [1.165, 1.54) is 11.3 Å². The first kappa shape index (κ1) is 16.4. The smallest absolute Gasteiger partial charge is 0.220 e. The Bertz CT molecular complexity index is 1180. The standard InChI is InChI=1S/C23H23N3/c1-5-11-19(17(4)16(3)6-2)25-21-14-9-10-15-22(21)26-20-13-8-7-12-18(20)24-23(25)26/h5-15,17H,1H2,2-4H3/b16-6-,19-11+. The zero-order chi connectivity index (χ0) is 18.3. The third-order valence-corrected chi connectivity index (χ3v) is 5.24. The number of imidazole rings is 2. The predicted molar refractivity (Wildman–Crippen MR) is 111 cm³/mol. The summed E-state index contributed by atoms with van der Waals surface area (Å²) in [4.78, 5) is 4.95. The van der Waals surface area contributed by atoms with Crippen LogP contribution in [0.4, 0.5) is 0 Å². The number of rotatable bonds is 4. The fraction of sp³-hybridized carbons (Fsp3) is 0.174. The highest BCUT2D eigenvalue weighted by Crippen LogP contribution is 2.33. The van der Waals surface area contributed by atoms with Gasteiger partial charge in [0.15, 0.2) is 0 Å². The van der Waals surface area contributed by atoms with E-state index >= 15 is 0 Å². The average Bonchev–Trinajstić information content (AvgIpc) is 3.19. The monoisotopic (exact) mass is 341 g/mol. The highest BCUT2D eigenvalue weighted by molar-refractivity contribution is 5.93. The van der Waals surface area contributed by atoms with Crippen molar-refractivity contribution < 1.29 is 0 Å². The molecule has 0 saturated heterocycles. The SMILES string of the molecule is C=C/C=C(\C(C)/C(C)=C\C)n1c2ccccc2n2c3ccccc3nc12. The van der Waals surface area contributed by atoms with Crippen LogP contribution in [0.15, 0.2) is 78.9 Å². The van der Waals surface area contributed by atoms with Gasteiger partial charge >= 0.3 is 0 Å². The molecule has 0 aliphatic carbocycles. The quantitative estimate of drug-likeness (QED) is 0.326. The van der Waals surface area contributed by atoms with Crippen LogP contribution in [0, 0.1) is 5.92 Å². The average molecular weight is 341 g/mol. The molecule has 3 nitrogen and oxygen atoms in total. The first-order valence-electron chi connectivity index (χ1n) is 8.99. The summed E-state index contributed by atoms with van der Waals surface area (Å²) in [6.07, 6.45) is 6.14. The van der Waals surface area contributed by atoms with E-state index in [0.29, 0.717) is 0 Å². The Kier molecular flexibility index (Phi) is 4.00. The van der Waals surface area contributed by atoms with Crippen molar-refractivity contribution >= 4 is 33.5 Å². The van der Waals surface area contributed by atoms with Gasteiger partial charge in [-0.05, 0) is 44.2 Å². The Labute approximate surface area is 153 Å². The van der Waals surface area contributed by atoms with Gasteiger partial charge in [0.1, 0.15) is 0 Å². The summed E-state index contributed by atoms with van der Waals surface area (Å²) in [5.41, 5.74) is 6.96. The number of allylic oxidation sites excluding steroid dienone is 5. The summed E-state index contributed by atoms with van der Waals surface area (Å²) in [6.45, 7) is 10.4. The van der Waals surface area contributed by atoms with Crippen LogP contribution in [0.2, 0.25) is 0 Å². The highest BCUT2D eigenvalue weighted by atomic mass is 15.2. The lowest BCUT2D eigenvalue weighted by molar-refractivity contribution is 0.829. The molecule has 0 N–H and O–H groups in total. The van der Waals surface area contributed by atoms with Gasteiger partial charge in [0.2, 0.25) is 5.78 Å². The second kappa shape index (κ2) is 6.34. The number of hydrogen-bond acceptors (Lipinski definition) is 1. The molecule has 4 rings (SSSR count). The minimum Gasteiger partial charge on any atom is -0.281 e. The molecule has 0 fully saturated rings. The molecule has 0 amide bonds. The number of fused-ring (bicyclic) bond motifs is 5. The molecule has 26 heavy (non-hydrogen) atoms. The number of hydrogen-bond donors (Lipinski definition) is 0. The van der Waals surface area contributed by atoms with Crippen molar-refractivity contribution in [3.8, 4) is 0 Å². The molecule has 2 heterocycles. The normalized spacial score (nSPS) is 14.4. The molecule has 3 heteroatoms. The number of nitrogens with zero attached hydrogens (tertiary/aromatic N) is 3. The van der Waals surface area contributed by atoms with Crippen molar-refractivity contribution in [2.24, 2.45) is 5.92 Å². The molecule has 1 unspecified atom stereocenters. The lowest BCUT2D eigenvalue weighted by atomic mass is 9.98. The molecule has 0 saturated carbocycles. The van der Waals surface area contributed by atoms with Gasteiger partial charge in [0.05, 0.1) is 22.1 Å². The zero-order valence-electron chi connectivity index (χ0n) is 15.5. The third kappa shape index (κ3) is 2.31. The van der Waals surface area contributed by atoms with Gasteiger partial charge in [-0.3, -0.25) is 8.97 Å². The van der Waals surface area contributed by atoms with Crippen LogP contribution in [0.1, 0.15) is 20.8 Å². The minimum atomic E-state index is 0.261. The van der Waals surface area contributed by atoms with Gasteiger partial charge in [-0.15, -0.1) is 0 Å². The Morgan fingerprint density at radius 2 is 1.69 bits per heavy atom. The van der Waals surface area contributed by atoms with Gasteiger partial charge in [-0.2, -0.15) is 0 Å². The van der Waals surface area contributed by atoms with Crippen LogP contribution in [0.3, 0.4) is 0 Å². The lowest BCUT2D eigenvalue weighted by Gasteiger charge is -2.18. The van der Waals surface area contributed by atoms with Gasteiger partial charge in [0.25, 0.3) is 0 Å². The Balaban J connectivity index is 2.16. The van der Waals surface area contributed by atoms with E-state index in [4.69, 9.17) is 4.98 Å². The fourth-order valence-corrected chi connectivity index (χ4v) is 3.62. The molecule has 2 aromatic carbocycles. The Morgan fingerprint density at radius 1 is 1.04 bits per heavy atom. The third-order valence-electron chi connectivity index (χ3n) is 5.24. The number of benzene rings is 2. The topological polar surface area (TPSA) is 22.2 Å². The maximum atomic E-state index is 4.95. The van der Waals surface area contributed by atoms with Gasteiger partial charge in [0, 0.05) is 11.6 Å². The second-order valence-electron chi connectivity index (χ2n) is 6.64. The molecule has 0 aliphatic rings. The van der Waals surface area contributed by atoms with E-state index in [-0.39, 0.29) is 5.92 Å². The number of para-hydroxylation sites is 4. The van der Waals surface area contributed by atoms with Crippen molar-refractivity contribution in [3.05, 3.63) is 78.9 Å².